The summed E-state index contributed by atoms with van der Waals surface area (Å²) in [5.74, 6) is 0. The van der Waals surface area contributed by atoms with E-state index in [0.29, 0.717) is 6.16 Å². The van der Waals surface area contributed by atoms with Crippen molar-refractivity contribution in [1.29, 1.82) is 0 Å². The van der Waals surface area contributed by atoms with Crippen LogP contribution in [0, 0.1) is 0 Å². The van der Waals surface area contributed by atoms with Crippen LogP contribution in [-0.2, 0) is 0 Å². The van der Waals surface area contributed by atoms with Gasteiger partial charge < -0.3 is 5.11 Å². The second-order valence-electron chi connectivity index (χ2n) is 2.72. The number of rotatable bonds is 3. The Labute approximate surface area is 73.3 Å². The molecule has 2 N–H and O–H groups in total. The van der Waals surface area contributed by atoms with Gasteiger partial charge in [-0.25, -0.2) is 4.89 Å². The second-order valence-corrected chi connectivity index (χ2v) is 5.99. The topological polar surface area (TPSA) is 40.5 Å². The van der Waals surface area contributed by atoms with Crippen LogP contribution in [0.25, 0.3) is 0 Å². The molecule has 0 saturated heterocycles. The molecule has 0 aliphatic rings. The first kappa shape index (κ1) is 9.66. The average Bonchev–Trinajstić information content (AvgIpc) is 2.18. The molecular weight excluding hydrogens is 171 g/mol. The lowest BCUT2D eigenvalue weighted by Gasteiger charge is -2.14. The van der Waals surface area contributed by atoms with E-state index in [9.17, 15) is 4.89 Å². The maximum Gasteiger partial charge on any atom is 0.200 e. The third kappa shape index (κ3) is 1.84. The van der Waals surface area contributed by atoms with Gasteiger partial charge in [0.2, 0.25) is 0 Å². The number of hydrogen-bond acceptors (Lipinski definition) is 2. The van der Waals surface area contributed by atoms with Gasteiger partial charge in [0.1, 0.15) is 5.30 Å². The van der Waals surface area contributed by atoms with E-state index in [-0.39, 0.29) is 6.35 Å². The molecular formula is C9H14O2P+. The molecule has 1 atom stereocenters. The van der Waals surface area contributed by atoms with Gasteiger partial charge in [-0.2, -0.15) is 0 Å². The highest BCUT2D eigenvalue weighted by Crippen LogP contribution is 2.51. The lowest BCUT2D eigenvalue weighted by Crippen LogP contribution is -2.15. The van der Waals surface area contributed by atoms with Crippen molar-refractivity contribution >= 4 is 12.8 Å². The van der Waals surface area contributed by atoms with Crippen molar-refractivity contribution in [3.8, 4) is 0 Å². The second kappa shape index (κ2) is 3.99. The van der Waals surface area contributed by atoms with Crippen LogP contribution in [0.15, 0.2) is 30.3 Å². The molecule has 0 spiro atoms. The summed E-state index contributed by atoms with van der Waals surface area (Å²) in [4.78, 5) is 9.96. The van der Waals surface area contributed by atoms with Crippen LogP contribution in [0.2, 0.25) is 0 Å². The van der Waals surface area contributed by atoms with Gasteiger partial charge in [0.25, 0.3) is 0 Å². The molecule has 3 heteroatoms. The minimum absolute atomic E-state index is 0.118. The number of benzene rings is 1. The molecule has 0 amide bonds. The van der Waals surface area contributed by atoms with Crippen LogP contribution in [0.4, 0.5) is 0 Å². The number of aliphatic hydroxyl groups is 1. The largest absolute Gasteiger partial charge is 0.359 e. The summed E-state index contributed by atoms with van der Waals surface area (Å²) < 4.78 is 0. The van der Waals surface area contributed by atoms with Gasteiger partial charge in [-0.1, -0.05) is 18.2 Å². The molecule has 0 bridgehead atoms. The standard InChI is InChI=1S/C9H14O2P/c1-2-12(11,8-10)9-6-4-3-5-7-9/h3-7,10-11H,2,8H2,1H3/q+1. The fourth-order valence-corrected chi connectivity index (χ4v) is 2.53. The van der Waals surface area contributed by atoms with Gasteiger partial charge in [-0.05, 0) is 19.1 Å². The molecule has 0 aliphatic carbocycles. The highest BCUT2D eigenvalue weighted by molar-refractivity contribution is 7.77. The zero-order chi connectivity index (χ0) is 9.03. The van der Waals surface area contributed by atoms with E-state index in [2.05, 4.69) is 0 Å². The Bertz CT molecular complexity index is 232. The zero-order valence-electron chi connectivity index (χ0n) is 7.14. The molecule has 66 valence electrons. The summed E-state index contributed by atoms with van der Waals surface area (Å²) >= 11 is 0. The van der Waals surface area contributed by atoms with E-state index in [1.165, 1.54) is 0 Å². The van der Waals surface area contributed by atoms with E-state index < -0.39 is 7.49 Å². The predicted octanol–water partition coefficient (Wildman–Crippen LogP) is 1.21. The van der Waals surface area contributed by atoms with Gasteiger partial charge in [0, 0.05) is 0 Å². The van der Waals surface area contributed by atoms with Gasteiger partial charge in [0.15, 0.2) is 13.8 Å². The average molecular weight is 185 g/mol. The van der Waals surface area contributed by atoms with Crippen LogP contribution >= 0.6 is 7.49 Å². The summed E-state index contributed by atoms with van der Waals surface area (Å²) in [7, 11) is -2.23. The number of hydrogen-bond donors (Lipinski definition) is 2. The summed E-state index contributed by atoms with van der Waals surface area (Å²) in [6.07, 6.45) is 0.515. The highest BCUT2D eigenvalue weighted by atomic mass is 31.2. The Kier molecular flexibility index (Phi) is 3.21. The third-order valence-electron chi connectivity index (χ3n) is 1.99. The molecule has 1 aromatic carbocycles. The maximum atomic E-state index is 9.96. The van der Waals surface area contributed by atoms with E-state index in [4.69, 9.17) is 5.11 Å². The van der Waals surface area contributed by atoms with Gasteiger partial charge in [0.05, 0.1) is 6.16 Å². The Morgan fingerprint density at radius 1 is 1.25 bits per heavy atom. The van der Waals surface area contributed by atoms with Crippen molar-refractivity contribution in [2.45, 2.75) is 6.92 Å². The van der Waals surface area contributed by atoms with Gasteiger partial charge in [-0.3, -0.25) is 0 Å². The molecule has 0 heterocycles. The number of aliphatic hydroxyl groups excluding tert-OH is 1. The molecule has 12 heavy (non-hydrogen) atoms. The molecule has 1 aromatic rings. The van der Waals surface area contributed by atoms with Crippen LogP contribution in [-0.4, -0.2) is 22.5 Å². The maximum absolute atomic E-state index is 9.96. The molecule has 0 aliphatic heterocycles. The Hall–Kier alpha value is -0.430. The van der Waals surface area contributed by atoms with Crippen molar-refractivity contribution < 1.29 is 10.00 Å². The van der Waals surface area contributed by atoms with E-state index >= 15 is 0 Å². The van der Waals surface area contributed by atoms with Crippen LogP contribution < -0.4 is 5.30 Å². The third-order valence-corrected chi connectivity index (χ3v) is 4.77. The minimum atomic E-state index is -2.23. The highest BCUT2D eigenvalue weighted by Gasteiger charge is 2.35. The fraction of sp³-hybridized carbons (Fsp3) is 0.333. The van der Waals surface area contributed by atoms with Gasteiger partial charge in [-0.15, -0.1) is 0 Å². The van der Waals surface area contributed by atoms with Crippen LogP contribution in [0.3, 0.4) is 0 Å². The first-order valence-electron chi connectivity index (χ1n) is 3.99. The smallest absolute Gasteiger partial charge is 0.200 e. The van der Waals surface area contributed by atoms with Crippen molar-refractivity contribution in [3.05, 3.63) is 30.3 Å². The van der Waals surface area contributed by atoms with Crippen molar-refractivity contribution in [2.24, 2.45) is 0 Å². The Balaban J connectivity index is 2.95. The molecule has 1 rings (SSSR count). The Morgan fingerprint density at radius 2 is 1.83 bits per heavy atom. The molecule has 0 radical (unpaired) electrons. The first-order valence-corrected chi connectivity index (χ1v) is 6.10. The molecule has 0 saturated carbocycles. The SMILES string of the molecule is CC[P+](O)(CO)c1ccccc1. The molecule has 2 nitrogen and oxygen atoms in total. The van der Waals surface area contributed by atoms with E-state index in [1.807, 2.05) is 37.3 Å². The van der Waals surface area contributed by atoms with E-state index in [1.54, 1.807) is 0 Å². The predicted molar refractivity (Wildman–Crippen MR) is 52.8 cm³/mol. The lowest BCUT2D eigenvalue weighted by atomic mass is 10.4. The summed E-state index contributed by atoms with van der Waals surface area (Å²) in [5.41, 5.74) is 0. The van der Waals surface area contributed by atoms with Crippen molar-refractivity contribution in [1.82, 2.24) is 0 Å². The van der Waals surface area contributed by atoms with E-state index in [0.717, 1.165) is 5.30 Å². The summed E-state index contributed by atoms with van der Waals surface area (Å²) in [5, 5.41) is 9.92. The zero-order valence-corrected chi connectivity index (χ0v) is 8.04. The van der Waals surface area contributed by atoms with Crippen LogP contribution in [0.5, 0.6) is 0 Å². The first-order chi connectivity index (χ1) is 5.73. The van der Waals surface area contributed by atoms with Crippen molar-refractivity contribution in [2.75, 3.05) is 12.5 Å². The molecule has 0 fully saturated rings. The normalized spacial score (nSPS) is 15.6. The molecule has 0 aromatic heterocycles. The van der Waals surface area contributed by atoms with Crippen LogP contribution in [0.1, 0.15) is 6.92 Å². The van der Waals surface area contributed by atoms with Gasteiger partial charge >= 0.3 is 0 Å². The summed E-state index contributed by atoms with van der Waals surface area (Å²) in [6, 6.07) is 9.40. The fourth-order valence-electron chi connectivity index (χ4n) is 1.07. The summed E-state index contributed by atoms with van der Waals surface area (Å²) in [6.45, 7) is 1.90. The monoisotopic (exact) mass is 185 g/mol. The lowest BCUT2D eigenvalue weighted by molar-refractivity contribution is 0.353. The Morgan fingerprint density at radius 3 is 2.25 bits per heavy atom. The quantitative estimate of drug-likeness (QED) is 0.695. The molecule has 1 unspecified atom stereocenters. The van der Waals surface area contributed by atoms with Crippen molar-refractivity contribution in [3.63, 3.8) is 0 Å². The minimum Gasteiger partial charge on any atom is -0.359 e.